The molecule has 0 aliphatic heterocycles. The maximum absolute atomic E-state index is 12.5. The summed E-state index contributed by atoms with van der Waals surface area (Å²) in [7, 11) is 0. The second-order valence-electron chi connectivity index (χ2n) is 6.89. The number of benzene rings is 2. The molecule has 26 heavy (non-hydrogen) atoms. The lowest BCUT2D eigenvalue weighted by Gasteiger charge is -2.18. The lowest BCUT2D eigenvalue weighted by atomic mass is 9.86. The number of hydrogen-bond donors (Lipinski definition) is 0. The van der Waals surface area contributed by atoms with Gasteiger partial charge in [-0.2, -0.15) is 4.68 Å². The van der Waals surface area contributed by atoms with Crippen LogP contribution in [0.5, 0.6) is 0 Å². The van der Waals surface area contributed by atoms with Gasteiger partial charge in [-0.15, -0.1) is 5.10 Å². The number of nitrogens with zero attached hydrogens (tertiary/aromatic N) is 4. The Hall–Kier alpha value is -2.18. The summed E-state index contributed by atoms with van der Waals surface area (Å²) in [6, 6.07) is 15.0. The molecule has 0 N–H and O–H groups in total. The van der Waals surface area contributed by atoms with E-state index in [2.05, 4.69) is 36.3 Å². The van der Waals surface area contributed by atoms with Gasteiger partial charge in [0.15, 0.2) is 5.78 Å². The fourth-order valence-corrected chi connectivity index (χ4v) is 3.29. The van der Waals surface area contributed by atoms with Crippen LogP contribution in [0.2, 0.25) is 5.02 Å². The quantitative estimate of drug-likeness (QED) is 0.474. The summed E-state index contributed by atoms with van der Waals surface area (Å²) >= 11 is 7.22. The zero-order valence-electron chi connectivity index (χ0n) is 14.8. The molecule has 0 fully saturated rings. The number of thioether (sulfide) groups is 1. The third-order valence-corrected chi connectivity index (χ3v) is 5.09. The van der Waals surface area contributed by atoms with Crippen LogP contribution in [0, 0.1) is 0 Å². The van der Waals surface area contributed by atoms with Gasteiger partial charge in [0.1, 0.15) is 0 Å². The molecule has 3 aromatic rings. The molecule has 1 heterocycles. The van der Waals surface area contributed by atoms with Gasteiger partial charge < -0.3 is 0 Å². The van der Waals surface area contributed by atoms with Crippen LogP contribution < -0.4 is 0 Å². The molecule has 0 bridgehead atoms. The summed E-state index contributed by atoms with van der Waals surface area (Å²) in [5.74, 6) is 0.309. The molecule has 0 saturated carbocycles. The predicted octanol–water partition coefficient (Wildman–Crippen LogP) is 4.59. The van der Waals surface area contributed by atoms with Gasteiger partial charge in [-0.25, -0.2) is 0 Å². The van der Waals surface area contributed by atoms with E-state index in [-0.39, 0.29) is 17.0 Å². The fourth-order valence-electron chi connectivity index (χ4n) is 2.38. The van der Waals surface area contributed by atoms with Crippen LogP contribution in [0.3, 0.4) is 0 Å². The molecule has 5 nitrogen and oxygen atoms in total. The topological polar surface area (TPSA) is 60.7 Å². The van der Waals surface area contributed by atoms with Crippen molar-refractivity contribution in [3.63, 3.8) is 0 Å². The van der Waals surface area contributed by atoms with Gasteiger partial charge in [0.05, 0.1) is 11.4 Å². The van der Waals surface area contributed by atoms with Gasteiger partial charge in [-0.1, -0.05) is 68.4 Å². The van der Waals surface area contributed by atoms with Gasteiger partial charge in [0.25, 0.3) is 0 Å². The van der Waals surface area contributed by atoms with Crippen LogP contribution in [0.1, 0.15) is 36.7 Å². The highest BCUT2D eigenvalue weighted by Gasteiger charge is 2.16. The zero-order valence-corrected chi connectivity index (χ0v) is 16.4. The average molecular weight is 387 g/mol. The number of tetrazole rings is 1. The Bertz CT molecular complexity index is 899. The lowest BCUT2D eigenvalue weighted by Crippen LogP contribution is -2.11. The molecule has 0 unspecified atom stereocenters. The Kier molecular flexibility index (Phi) is 5.44. The molecule has 0 spiro atoms. The van der Waals surface area contributed by atoms with Crippen LogP contribution in [-0.4, -0.2) is 31.7 Å². The number of carbonyl (C=O) groups is 1. The standard InChI is InChI=1S/C19H19ClN4OS/c1-19(2,3)14-6-4-13(5-7-14)17(25)12-26-18-21-22-23-24(18)16-10-8-15(20)9-11-16/h4-11H,12H2,1-3H3. The van der Waals surface area contributed by atoms with E-state index >= 15 is 0 Å². The second-order valence-corrected chi connectivity index (χ2v) is 8.27. The van der Waals surface area contributed by atoms with Gasteiger partial charge in [0.2, 0.25) is 5.16 Å². The van der Waals surface area contributed by atoms with Crippen molar-refractivity contribution in [2.45, 2.75) is 31.3 Å². The summed E-state index contributed by atoms with van der Waals surface area (Å²) in [5.41, 5.74) is 2.75. The van der Waals surface area contributed by atoms with Crippen molar-refractivity contribution in [2.75, 3.05) is 5.75 Å². The second kappa shape index (κ2) is 7.60. The van der Waals surface area contributed by atoms with Crippen molar-refractivity contribution < 1.29 is 4.79 Å². The number of hydrogen-bond acceptors (Lipinski definition) is 5. The summed E-state index contributed by atoms with van der Waals surface area (Å²) in [5, 5.41) is 12.9. The first-order valence-corrected chi connectivity index (χ1v) is 9.52. The normalized spacial score (nSPS) is 11.5. The van der Waals surface area contributed by atoms with E-state index in [1.54, 1.807) is 16.8 Å². The minimum Gasteiger partial charge on any atom is -0.293 e. The third-order valence-electron chi connectivity index (χ3n) is 3.92. The molecule has 0 amide bonds. The first kappa shape index (κ1) is 18.6. The van der Waals surface area contributed by atoms with E-state index in [0.717, 1.165) is 5.69 Å². The minimum absolute atomic E-state index is 0.0427. The van der Waals surface area contributed by atoms with Crippen LogP contribution in [-0.2, 0) is 5.41 Å². The highest BCUT2D eigenvalue weighted by molar-refractivity contribution is 7.99. The summed E-state index contributed by atoms with van der Waals surface area (Å²) in [6.07, 6.45) is 0. The van der Waals surface area contributed by atoms with E-state index < -0.39 is 0 Å². The fraction of sp³-hybridized carbons (Fsp3) is 0.263. The maximum atomic E-state index is 12.5. The molecule has 0 aliphatic rings. The van der Waals surface area contributed by atoms with Gasteiger partial charge >= 0.3 is 0 Å². The molecular formula is C19H19ClN4OS. The smallest absolute Gasteiger partial charge is 0.214 e. The zero-order chi connectivity index (χ0) is 18.7. The van der Waals surface area contributed by atoms with Crippen LogP contribution in [0.4, 0.5) is 0 Å². The summed E-state index contributed by atoms with van der Waals surface area (Å²) < 4.78 is 1.59. The highest BCUT2D eigenvalue weighted by Crippen LogP contribution is 2.24. The number of rotatable bonds is 5. The summed E-state index contributed by atoms with van der Waals surface area (Å²) in [6.45, 7) is 6.45. The molecule has 3 rings (SSSR count). The number of halogens is 1. The Morgan fingerprint density at radius 1 is 1.08 bits per heavy atom. The van der Waals surface area contributed by atoms with Crippen LogP contribution in [0.25, 0.3) is 5.69 Å². The molecular weight excluding hydrogens is 368 g/mol. The summed E-state index contributed by atoms with van der Waals surface area (Å²) in [4.78, 5) is 12.5. The Labute approximate surface area is 161 Å². The van der Waals surface area contributed by atoms with Crippen LogP contribution >= 0.6 is 23.4 Å². The van der Waals surface area contributed by atoms with Crippen LogP contribution in [0.15, 0.2) is 53.7 Å². The van der Waals surface area contributed by atoms with Gasteiger partial charge in [-0.05, 0) is 45.7 Å². The molecule has 1 aromatic heterocycles. The van der Waals surface area contributed by atoms with Crippen molar-refractivity contribution in [3.05, 3.63) is 64.7 Å². The monoisotopic (exact) mass is 386 g/mol. The van der Waals surface area contributed by atoms with Gasteiger partial charge in [-0.3, -0.25) is 4.79 Å². The van der Waals surface area contributed by atoms with Crippen molar-refractivity contribution in [1.29, 1.82) is 0 Å². The SMILES string of the molecule is CC(C)(C)c1ccc(C(=O)CSc2nnnn2-c2ccc(Cl)cc2)cc1. The van der Waals surface area contributed by atoms with Gasteiger partial charge in [0, 0.05) is 10.6 Å². The number of Topliss-reactive ketones (excluding diaryl/α,β-unsaturated/α-hetero) is 1. The van der Waals surface area contributed by atoms with Crippen molar-refractivity contribution >= 4 is 29.1 Å². The van der Waals surface area contributed by atoms with E-state index in [9.17, 15) is 4.79 Å². The molecule has 2 aromatic carbocycles. The number of ketones is 1. The Morgan fingerprint density at radius 2 is 1.73 bits per heavy atom. The van der Waals surface area contributed by atoms with Crippen molar-refractivity contribution in [3.8, 4) is 5.69 Å². The number of carbonyl (C=O) groups excluding carboxylic acids is 1. The first-order valence-electron chi connectivity index (χ1n) is 8.15. The van der Waals surface area contributed by atoms with E-state index in [0.29, 0.717) is 15.7 Å². The maximum Gasteiger partial charge on any atom is 0.214 e. The van der Waals surface area contributed by atoms with E-state index in [1.165, 1.54) is 17.3 Å². The minimum atomic E-state index is 0.0427. The van der Waals surface area contributed by atoms with Crippen molar-refractivity contribution in [1.82, 2.24) is 20.2 Å². The molecule has 134 valence electrons. The van der Waals surface area contributed by atoms with E-state index in [1.807, 2.05) is 36.4 Å². The molecule has 0 aliphatic carbocycles. The van der Waals surface area contributed by atoms with Crippen molar-refractivity contribution in [2.24, 2.45) is 0 Å². The predicted molar refractivity (Wildman–Crippen MR) is 104 cm³/mol. The molecule has 0 radical (unpaired) electrons. The third kappa shape index (κ3) is 4.31. The highest BCUT2D eigenvalue weighted by atomic mass is 35.5. The number of aromatic nitrogens is 4. The Balaban J connectivity index is 1.69. The Morgan fingerprint density at radius 3 is 2.35 bits per heavy atom. The molecule has 7 heteroatoms. The molecule has 0 atom stereocenters. The lowest BCUT2D eigenvalue weighted by molar-refractivity contribution is 0.102. The largest absolute Gasteiger partial charge is 0.293 e. The molecule has 0 saturated heterocycles. The van der Waals surface area contributed by atoms with E-state index in [4.69, 9.17) is 11.6 Å². The first-order chi connectivity index (χ1) is 12.3. The average Bonchev–Trinajstić information content (AvgIpc) is 3.08.